The molecule has 7 nitrogen and oxygen atoms in total. The standard InChI is InChI=1S/C13H25N5O2.HI/c1-14-13(16-10-12(19)17-11-2-3-11)15-4-5-18-6-8-20-9-7-18;/h11H,2-10H2,1H3,(H,17,19)(H2,14,15,16);1H. The van der Waals surface area contributed by atoms with Gasteiger partial charge >= 0.3 is 0 Å². The highest BCUT2D eigenvalue weighted by atomic mass is 127. The smallest absolute Gasteiger partial charge is 0.239 e. The summed E-state index contributed by atoms with van der Waals surface area (Å²) in [6.07, 6.45) is 2.22. The molecule has 1 aliphatic heterocycles. The molecule has 0 spiro atoms. The molecule has 122 valence electrons. The molecule has 0 unspecified atom stereocenters. The normalized spacial score (nSPS) is 19.6. The van der Waals surface area contributed by atoms with Crippen LogP contribution in [0.5, 0.6) is 0 Å². The summed E-state index contributed by atoms with van der Waals surface area (Å²) in [7, 11) is 1.71. The van der Waals surface area contributed by atoms with Crippen molar-refractivity contribution in [1.82, 2.24) is 20.9 Å². The van der Waals surface area contributed by atoms with Crippen molar-refractivity contribution in [2.75, 3.05) is 53.0 Å². The summed E-state index contributed by atoms with van der Waals surface area (Å²) in [5.74, 6) is 0.702. The Bertz CT molecular complexity index is 343. The van der Waals surface area contributed by atoms with Gasteiger partial charge in [0, 0.05) is 39.3 Å². The summed E-state index contributed by atoms with van der Waals surface area (Å²) in [4.78, 5) is 18.0. The van der Waals surface area contributed by atoms with Crippen molar-refractivity contribution in [2.45, 2.75) is 18.9 Å². The highest BCUT2D eigenvalue weighted by molar-refractivity contribution is 14.0. The lowest BCUT2D eigenvalue weighted by molar-refractivity contribution is -0.120. The molecule has 21 heavy (non-hydrogen) atoms. The Morgan fingerprint density at radius 2 is 2.00 bits per heavy atom. The van der Waals surface area contributed by atoms with Crippen LogP contribution in [0.3, 0.4) is 0 Å². The summed E-state index contributed by atoms with van der Waals surface area (Å²) < 4.78 is 5.31. The second-order valence-electron chi connectivity index (χ2n) is 5.15. The number of halogens is 1. The molecule has 0 bridgehead atoms. The van der Waals surface area contributed by atoms with E-state index in [-0.39, 0.29) is 36.4 Å². The lowest BCUT2D eigenvalue weighted by Crippen LogP contribution is -2.46. The van der Waals surface area contributed by atoms with Crippen molar-refractivity contribution < 1.29 is 9.53 Å². The lowest BCUT2D eigenvalue weighted by Gasteiger charge is -2.26. The lowest BCUT2D eigenvalue weighted by atomic mass is 10.4. The maximum Gasteiger partial charge on any atom is 0.239 e. The number of amides is 1. The van der Waals surface area contributed by atoms with Gasteiger partial charge in [-0.05, 0) is 12.8 Å². The number of carbonyl (C=O) groups is 1. The van der Waals surface area contributed by atoms with Crippen LogP contribution in [0.1, 0.15) is 12.8 Å². The molecule has 1 saturated carbocycles. The molecule has 3 N–H and O–H groups in total. The molecular weight excluding hydrogens is 385 g/mol. The van der Waals surface area contributed by atoms with E-state index in [4.69, 9.17) is 4.74 Å². The summed E-state index contributed by atoms with van der Waals surface area (Å²) in [5.41, 5.74) is 0. The van der Waals surface area contributed by atoms with Gasteiger partial charge < -0.3 is 20.7 Å². The van der Waals surface area contributed by atoms with Gasteiger partial charge in [-0.1, -0.05) is 0 Å². The highest BCUT2D eigenvalue weighted by Crippen LogP contribution is 2.18. The number of rotatable bonds is 6. The van der Waals surface area contributed by atoms with E-state index in [0.717, 1.165) is 52.2 Å². The molecule has 2 fully saturated rings. The van der Waals surface area contributed by atoms with Crippen molar-refractivity contribution in [3.05, 3.63) is 0 Å². The third-order valence-corrected chi connectivity index (χ3v) is 3.41. The molecule has 1 amide bonds. The van der Waals surface area contributed by atoms with E-state index in [0.29, 0.717) is 12.0 Å². The number of hydrogen-bond acceptors (Lipinski definition) is 4. The second kappa shape index (κ2) is 10.2. The van der Waals surface area contributed by atoms with E-state index in [9.17, 15) is 4.79 Å². The van der Waals surface area contributed by atoms with Gasteiger partial charge in [0.05, 0.1) is 19.8 Å². The number of hydrogen-bond donors (Lipinski definition) is 3. The van der Waals surface area contributed by atoms with E-state index < -0.39 is 0 Å². The van der Waals surface area contributed by atoms with E-state index in [1.165, 1.54) is 0 Å². The Morgan fingerprint density at radius 1 is 1.29 bits per heavy atom. The fourth-order valence-corrected chi connectivity index (χ4v) is 2.05. The van der Waals surface area contributed by atoms with Crippen LogP contribution in [0.15, 0.2) is 4.99 Å². The van der Waals surface area contributed by atoms with Crippen molar-refractivity contribution in [2.24, 2.45) is 4.99 Å². The molecular formula is C13H26IN5O2. The molecule has 0 aromatic carbocycles. The third-order valence-electron chi connectivity index (χ3n) is 3.41. The first-order valence-electron chi connectivity index (χ1n) is 7.32. The first-order valence-corrected chi connectivity index (χ1v) is 7.32. The van der Waals surface area contributed by atoms with Crippen molar-refractivity contribution in [3.8, 4) is 0 Å². The monoisotopic (exact) mass is 411 g/mol. The largest absolute Gasteiger partial charge is 0.379 e. The predicted molar refractivity (Wildman–Crippen MR) is 93.2 cm³/mol. The van der Waals surface area contributed by atoms with Gasteiger partial charge in [0.15, 0.2) is 5.96 Å². The number of morpholine rings is 1. The van der Waals surface area contributed by atoms with Crippen LogP contribution in [0, 0.1) is 0 Å². The maximum atomic E-state index is 11.6. The molecule has 1 aliphatic carbocycles. The number of nitrogens with one attached hydrogen (secondary N) is 3. The van der Waals surface area contributed by atoms with E-state index >= 15 is 0 Å². The number of nitrogens with zero attached hydrogens (tertiary/aromatic N) is 2. The average Bonchev–Trinajstić information content (AvgIpc) is 3.27. The van der Waals surface area contributed by atoms with Crippen LogP contribution in [-0.4, -0.2) is 75.8 Å². The summed E-state index contributed by atoms with van der Waals surface area (Å²) >= 11 is 0. The van der Waals surface area contributed by atoms with Gasteiger partial charge in [-0.15, -0.1) is 24.0 Å². The molecule has 8 heteroatoms. The Balaban J connectivity index is 0.00000220. The average molecular weight is 411 g/mol. The van der Waals surface area contributed by atoms with Crippen molar-refractivity contribution in [1.29, 1.82) is 0 Å². The zero-order chi connectivity index (χ0) is 14.2. The van der Waals surface area contributed by atoms with Crippen molar-refractivity contribution in [3.63, 3.8) is 0 Å². The topological polar surface area (TPSA) is 78.0 Å². The molecule has 0 aromatic rings. The van der Waals surface area contributed by atoms with Crippen LogP contribution in [0.4, 0.5) is 0 Å². The summed E-state index contributed by atoms with van der Waals surface area (Å²) in [6.45, 7) is 5.63. The first kappa shape index (κ1) is 18.4. The SMILES string of the molecule is CN=C(NCCN1CCOCC1)NCC(=O)NC1CC1.I. The molecule has 0 aromatic heterocycles. The highest BCUT2D eigenvalue weighted by Gasteiger charge is 2.22. The zero-order valence-electron chi connectivity index (χ0n) is 12.6. The van der Waals surface area contributed by atoms with Crippen LogP contribution in [0.2, 0.25) is 0 Å². The molecule has 0 atom stereocenters. The number of guanidine groups is 1. The minimum Gasteiger partial charge on any atom is -0.379 e. The van der Waals surface area contributed by atoms with Crippen molar-refractivity contribution >= 4 is 35.8 Å². The van der Waals surface area contributed by atoms with Crippen LogP contribution >= 0.6 is 24.0 Å². The van der Waals surface area contributed by atoms with Gasteiger partial charge in [-0.2, -0.15) is 0 Å². The molecule has 2 rings (SSSR count). The van der Waals surface area contributed by atoms with Gasteiger partial charge in [0.25, 0.3) is 0 Å². The van der Waals surface area contributed by atoms with E-state index in [1.807, 2.05) is 0 Å². The van der Waals surface area contributed by atoms with Gasteiger partial charge in [0.2, 0.25) is 5.91 Å². The van der Waals surface area contributed by atoms with Crippen LogP contribution < -0.4 is 16.0 Å². The van der Waals surface area contributed by atoms with E-state index in [2.05, 4.69) is 25.8 Å². The van der Waals surface area contributed by atoms with E-state index in [1.54, 1.807) is 7.05 Å². The summed E-state index contributed by atoms with van der Waals surface area (Å²) in [5, 5.41) is 9.18. The fourth-order valence-electron chi connectivity index (χ4n) is 2.05. The second-order valence-corrected chi connectivity index (χ2v) is 5.15. The predicted octanol–water partition coefficient (Wildman–Crippen LogP) is -0.620. The number of aliphatic imine (C=N–C) groups is 1. The fraction of sp³-hybridized carbons (Fsp3) is 0.846. The van der Waals surface area contributed by atoms with Gasteiger partial charge in [-0.3, -0.25) is 14.7 Å². The Morgan fingerprint density at radius 3 is 2.62 bits per heavy atom. The first-order chi connectivity index (χ1) is 9.78. The Kier molecular flexibility index (Phi) is 8.93. The third kappa shape index (κ3) is 7.82. The maximum absolute atomic E-state index is 11.6. The minimum atomic E-state index is 0. The molecule has 1 saturated heterocycles. The minimum absolute atomic E-state index is 0. The molecule has 0 radical (unpaired) electrons. The number of carbonyl (C=O) groups excluding carboxylic acids is 1. The Labute approximate surface area is 143 Å². The van der Waals surface area contributed by atoms with Gasteiger partial charge in [-0.25, -0.2) is 0 Å². The Hall–Kier alpha value is -0.610. The molecule has 1 heterocycles. The number of ether oxygens (including phenoxy) is 1. The zero-order valence-corrected chi connectivity index (χ0v) is 14.9. The molecule has 2 aliphatic rings. The summed E-state index contributed by atoms with van der Waals surface area (Å²) in [6, 6.07) is 0.403. The van der Waals surface area contributed by atoms with Crippen LogP contribution in [0.25, 0.3) is 0 Å². The van der Waals surface area contributed by atoms with Gasteiger partial charge in [0.1, 0.15) is 0 Å². The quantitative estimate of drug-likeness (QED) is 0.309. The van der Waals surface area contributed by atoms with Crippen LogP contribution in [-0.2, 0) is 9.53 Å².